The zero-order chi connectivity index (χ0) is 24.1. The zero-order valence-electron chi connectivity index (χ0n) is 19.4. The topological polar surface area (TPSA) is 178 Å². The molecule has 15 heteroatoms. The largest absolute Gasteiger partial charge is 1.00 e. The van der Waals surface area contributed by atoms with E-state index >= 15 is 0 Å². The molecular formula is C19H23N5O8Rb2. The molecule has 0 spiro atoms. The van der Waals surface area contributed by atoms with Crippen LogP contribution in [0.25, 0.3) is 10.6 Å². The summed E-state index contributed by atoms with van der Waals surface area (Å²) in [5, 5.41) is 16.4. The minimum atomic E-state index is -1.27. The Labute approximate surface area is 294 Å². The van der Waals surface area contributed by atoms with Gasteiger partial charge in [-0.05, 0) is 6.08 Å². The van der Waals surface area contributed by atoms with E-state index in [1.54, 1.807) is 0 Å². The zero-order valence-corrected chi connectivity index (χ0v) is 29.2. The van der Waals surface area contributed by atoms with E-state index in [-0.39, 0.29) is 143 Å². The fraction of sp³-hybridized carbons (Fsp3) is 0.421. The van der Waals surface area contributed by atoms with Crippen molar-refractivity contribution in [1.29, 1.82) is 0 Å². The van der Waals surface area contributed by atoms with Crippen LogP contribution >= 0.6 is 0 Å². The number of rotatable bonds is 14. The molecule has 1 N–H and O–H groups in total. The average molecular weight is 620 g/mol. The third-order valence-electron chi connectivity index (χ3n) is 4.01. The second kappa shape index (κ2) is 19.9. The normalized spacial score (nSPS) is 12.2. The van der Waals surface area contributed by atoms with Gasteiger partial charge in [-0.25, -0.2) is 0 Å². The number of carboxylic acids is 1. The summed E-state index contributed by atoms with van der Waals surface area (Å²) in [6, 6.07) is 0. The molecule has 0 aromatic rings. The van der Waals surface area contributed by atoms with Gasteiger partial charge in [-0.1, -0.05) is 0 Å². The van der Waals surface area contributed by atoms with Crippen molar-refractivity contribution >= 4 is 41.8 Å². The number of carboxylic acid groups (broad SMARTS) is 1. The third kappa shape index (κ3) is 15.0. The smallest absolute Gasteiger partial charge is 0.651 e. The predicted molar refractivity (Wildman–Crippen MR) is 109 cm³/mol. The molecule has 1 rings (SSSR count). The fourth-order valence-electron chi connectivity index (χ4n) is 2.45. The van der Waals surface area contributed by atoms with Gasteiger partial charge >= 0.3 is 122 Å². The Morgan fingerprint density at radius 3 is 2.00 bits per heavy atom. The molecule has 0 bridgehead atoms. The van der Waals surface area contributed by atoms with E-state index in [4.69, 9.17) is 5.11 Å². The summed E-state index contributed by atoms with van der Waals surface area (Å²) in [7, 11) is 1.45. The van der Waals surface area contributed by atoms with Crippen LogP contribution in [0.15, 0.2) is 24.3 Å². The second-order valence-corrected chi connectivity index (χ2v) is 6.51. The second-order valence-electron chi connectivity index (χ2n) is 6.51. The standard InChI is InChI=1S/C19H25N5O8.2Rb/c1-22(16(28)3-2-10-25)8-6-20-14(26)11-23(13-19(31)32)12-15(27)21-7-9-24-17(29)4-5-18(24)30;;/h2-5,10H,6-9,11-13H2,1H3,(H3,20,21,26,27,31,32);;/q;2*+1/p-2/b3-2-;;. The number of aliphatic carboxylic acids is 1. The molecule has 174 valence electrons. The molecule has 0 fully saturated rings. The van der Waals surface area contributed by atoms with Gasteiger partial charge in [-0.3, -0.25) is 33.8 Å². The molecule has 13 nitrogen and oxygen atoms in total. The van der Waals surface area contributed by atoms with Crippen molar-refractivity contribution in [2.24, 2.45) is 0 Å². The predicted octanol–water partition coefficient (Wildman–Crippen LogP) is -7.68. The molecule has 0 aromatic carbocycles. The van der Waals surface area contributed by atoms with Crippen LogP contribution in [0.2, 0.25) is 0 Å². The molecule has 0 atom stereocenters. The molecule has 1 heterocycles. The molecule has 0 saturated heterocycles. The van der Waals surface area contributed by atoms with Crippen molar-refractivity contribution in [2.45, 2.75) is 0 Å². The summed E-state index contributed by atoms with van der Waals surface area (Å²) in [4.78, 5) is 82.8. The van der Waals surface area contributed by atoms with Crippen LogP contribution in [0.3, 0.4) is 0 Å². The van der Waals surface area contributed by atoms with E-state index in [0.717, 1.165) is 34.1 Å². The van der Waals surface area contributed by atoms with Gasteiger partial charge in [-0.2, -0.15) is 0 Å². The minimum Gasteiger partial charge on any atom is -0.651 e. The number of likely N-dealkylation sites (N-methyl/N-ethyl adjacent to an activating group) is 1. The Bertz CT molecular complexity index is 816. The van der Waals surface area contributed by atoms with Crippen LogP contribution in [0, 0.1) is 0 Å². The van der Waals surface area contributed by atoms with E-state index < -0.39 is 55.1 Å². The number of aldehydes is 1. The van der Waals surface area contributed by atoms with Crippen molar-refractivity contribution in [3.63, 3.8) is 0 Å². The first-order valence-corrected chi connectivity index (χ1v) is 9.39. The van der Waals surface area contributed by atoms with Gasteiger partial charge in [0.15, 0.2) is 0 Å². The van der Waals surface area contributed by atoms with E-state index in [9.17, 15) is 33.6 Å². The molecule has 0 aromatic heterocycles. The number of amides is 5. The Kier molecular flexibility index (Phi) is 21.0. The molecule has 0 unspecified atom stereocenters. The number of hydrogen-bond donors (Lipinski definition) is 1. The molecule has 0 aliphatic carbocycles. The minimum absolute atomic E-state index is 0. The van der Waals surface area contributed by atoms with Gasteiger partial charge < -0.3 is 30.2 Å². The first-order valence-electron chi connectivity index (χ1n) is 9.39. The van der Waals surface area contributed by atoms with E-state index in [1.807, 2.05) is 0 Å². The van der Waals surface area contributed by atoms with E-state index in [0.29, 0.717) is 6.29 Å². The van der Waals surface area contributed by atoms with Crippen molar-refractivity contribution in [1.82, 2.24) is 14.7 Å². The van der Waals surface area contributed by atoms with E-state index in [1.165, 1.54) is 11.9 Å². The van der Waals surface area contributed by atoms with Gasteiger partial charge in [0.25, 0.3) is 11.8 Å². The number of allylic oxidation sites excluding steroid dienone is 1. The SMILES string of the molecule is CN(CC[N-]C(=O)CN(CC(=O)O)CC(=O)[N-]CCN1C(=O)C=CC1=O)C(=O)/C=C\C=O.[Rb+].[Rb+]. The molecule has 1 aliphatic heterocycles. The first-order chi connectivity index (χ1) is 15.1. The van der Waals surface area contributed by atoms with Crippen molar-refractivity contribution in [3.8, 4) is 0 Å². The number of carbonyl (C=O) groups excluding carboxylic acids is 6. The number of carbonyl (C=O) groups is 7. The van der Waals surface area contributed by atoms with Gasteiger partial charge in [0.1, 0.15) is 6.29 Å². The third-order valence-corrected chi connectivity index (χ3v) is 4.01. The Balaban J connectivity index is 0. The quantitative estimate of drug-likeness (QED) is 0.112. The van der Waals surface area contributed by atoms with Crippen molar-refractivity contribution < 1.29 is 155 Å². The van der Waals surface area contributed by atoms with Gasteiger partial charge in [-0.15, -0.1) is 13.1 Å². The van der Waals surface area contributed by atoms with Gasteiger partial charge in [0, 0.05) is 51.5 Å². The molecule has 1 aliphatic rings. The first kappa shape index (κ1) is 35.9. The number of nitrogens with zero attached hydrogens (tertiary/aromatic N) is 5. The number of hydrogen-bond acceptors (Lipinski definition) is 8. The van der Waals surface area contributed by atoms with Crippen LogP contribution in [0.5, 0.6) is 0 Å². The van der Waals surface area contributed by atoms with Crippen LogP contribution in [-0.2, 0) is 33.6 Å². The summed E-state index contributed by atoms with van der Waals surface area (Å²) >= 11 is 0. The summed E-state index contributed by atoms with van der Waals surface area (Å²) in [5.74, 6) is -4.15. The van der Waals surface area contributed by atoms with Crippen LogP contribution in [0.1, 0.15) is 0 Å². The molecule has 5 amide bonds. The summed E-state index contributed by atoms with van der Waals surface area (Å²) < 4.78 is 0. The Morgan fingerprint density at radius 1 is 0.971 bits per heavy atom. The maximum Gasteiger partial charge on any atom is 1.00 e. The summed E-state index contributed by atoms with van der Waals surface area (Å²) in [5.41, 5.74) is 0. The fourth-order valence-corrected chi connectivity index (χ4v) is 2.45. The van der Waals surface area contributed by atoms with Gasteiger partial charge in [0.2, 0.25) is 5.91 Å². The summed E-state index contributed by atoms with van der Waals surface area (Å²) in [6.07, 6.45) is 4.75. The Morgan fingerprint density at radius 2 is 1.50 bits per heavy atom. The monoisotopic (exact) mass is 619 g/mol. The van der Waals surface area contributed by atoms with Gasteiger partial charge in [0.05, 0.1) is 18.4 Å². The molecule has 0 radical (unpaired) electrons. The molecular weight excluding hydrogens is 597 g/mol. The summed E-state index contributed by atoms with van der Waals surface area (Å²) in [6.45, 7) is -1.75. The maximum absolute atomic E-state index is 12.0. The molecule has 34 heavy (non-hydrogen) atoms. The molecule has 0 saturated carbocycles. The Hall–Kier alpha value is -0.260. The van der Waals surface area contributed by atoms with E-state index in [2.05, 4.69) is 10.6 Å². The average Bonchev–Trinajstić information content (AvgIpc) is 3.03. The van der Waals surface area contributed by atoms with Crippen molar-refractivity contribution in [2.75, 3.05) is 52.9 Å². The number of imide groups is 1. The van der Waals surface area contributed by atoms with Crippen LogP contribution < -0.4 is 116 Å². The maximum atomic E-state index is 12.0. The van der Waals surface area contributed by atoms with Crippen molar-refractivity contribution in [3.05, 3.63) is 34.9 Å². The van der Waals surface area contributed by atoms with Crippen LogP contribution in [0.4, 0.5) is 0 Å². The van der Waals surface area contributed by atoms with Crippen LogP contribution in [-0.4, -0.2) is 114 Å².